The van der Waals surface area contributed by atoms with Gasteiger partial charge in [0.1, 0.15) is 0 Å². The summed E-state index contributed by atoms with van der Waals surface area (Å²) >= 11 is 0. The minimum atomic E-state index is -0.0743. The third-order valence-electron chi connectivity index (χ3n) is 2.71. The number of nitrogens with two attached hydrogens (primary N) is 2. The molecule has 0 bridgehead atoms. The number of hydrogen-bond donors (Lipinski definition) is 2. The van der Waals surface area contributed by atoms with Gasteiger partial charge < -0.3 is 20.9 Å². The van der Waals surface area contributed by atoms with Crippen LogP contribution < -0.4 is 20.9 Å². The number of anilines is 1. The van der Waals surface area contributed by atoms with Crippen LogP contribution in [0.3, 0.4) is 0 Å². The molecule has 4 N–H and O–H groups in total. The number of ether oxygens (including phenoxy) is 2. The molecule has 0 amide bonds. The summed E-state index contributed by atoms with van der Waals surface area (Å²) < 4.78 is 10.4. The number of rotatable bonds is 5. The SMILES string of the molecule is COc1cc(N)c(C(N)CC(C)C)cc1OC. The maximum absolute atomic E-state index is 6.14. The lowest BCUT2D eigenvalue weighted by Crippen LogP contribution is -2.15. The van der Waals surface area contributed by atoms with Crippen molar-refractivity contribution in [2.45, 2.75) is 26.3 Å². The van der Waals surface area contributed by atoms with Crippen molar-refractivity contribution in [3.05, 3.63) is 17.7 Å². The van der Waals surface area contributed by atoms with E-state index in [1.807, 2.05) is 6.07 Å². The molecule has 1 aromatic carbocycles. The Hall–Kier alpha value is -1.42. The molecule has 96 valence electrons. The fourth-order valence-corrected chi connectivity index (χ4v) is 1.87. The average Bonchev–Trinajstić information content (AvgIpc) is 2.27. The van der Waals surface area contributed by atoms with Crippen molar-refractivity contribution in [3.8, 4) is 11.5 Å². The van der Waals surface area contributed by atoms with Crippen LogP contribution in [0, 0.1) is 5.92 Å². The van der Waals surface area contributed by atoms with Gasteiger partial charge in [0.2, 0.25) is 0 Å². The van der Waals surface area contributed by atoms with E-state index in [0.29, 0.717) is 23.1 Å². The van der Waals surface area contributed by atoms with Gasteiger partial charge in [-0.3, -0.25) is 0 Å². The molecule has 0 aromatic heterocycles. The van der Waals surface area contributed by atoms with Crippen LogP contribution in [0.4, 0.5) is 5.69 Å². The summed E-state index contributed by atoms with van der Waals surface area (Å²) in [5, 5.41) is 0. The first-order valence-corrected chi connectivity index (χ1v) is 5.76. The van der Waals surface area contributed by atoms with Gasteiger partial charge in [-0.25, -0.2) is 0 Å². The number of hydrogen-bond acceptors (Lipinski definition) is 4. The largest absolute Gasteiger partial charge is 0.493 e. The molecule has 1 aromatic rings. The van der Waals surface area contributed by atoms with Crippen molar-refractivity contribution >= 4 is 5.69 Å². The molecule has 0 spiro atoms. The van der Waals surface area contributed by atoms with Crippen LogP contribution in [0.1, 0.15) is 31.9 Å². The summed E-state index contributed by atoms with van der Waals surface area (Å²) in [4.78, 5) is 0. The van der Waals surface area contributed by atoms with Crippen molar-refractivity contribution in [3.63, 3.8) is 0 Å². The molecular formula is C13H22N2O2. The van der Waals surface area contributed by atoms with Gasteiger partial charge >= 0.3 is 0 Å². The highest BCUT2D eigenvalue weighted by Crippen LogP contribution is 2.35. The first-order chi connectivity index (χ1) is 7.99. The fraction of sp³-hybridized carbons (Fsp3) is 0.538. The molecule has 0 radical (unpaired) electrons. The number of benzene rings is 1. The molecule has 4 heteroatoms. The molecular weight excluding hydrogens is 216 g/mol. The molecule has 0 saturated heterocycles. The van der Waals surface area contributed by atoms with Crippen molar-refractivity contribution < 1.29 is 9.47 Å². The second-order valence-electron chi connectivity index (χ2n) is 4.57. The lowest BCUT2D eigenvalue weighted by atomic mass is 9.96. The lowest BCUT2D eigenvalue weighted by molar-refractivity contribution is 0.354. The normalized spacial score (nSPS) is 12.6. The van der Waals surface area contributed by atoms with Gasteiger partial charge in [0.25, 0.3) is 0 Å². The molecule has 1 atom stereocenters. The quantitative estimate of drug-likeness (QED) is 0.772. The van der Waals surface area contributed by atoms with E-state index >= 15 is 0 Å². The predicted molar refractivity (Wildman–Crippen MR) is 70.3 cm³/mol. The lowest BCUT2D eigenvalue weighted by Gasteiger charge is -2.18. The van der Waals surface area contributed by atoms with E-state index in [9.17, 15) is 0 Å². The Morgan fingerprint density at radius 2 is 1.65 bits per heavy atom. The van der Waals surface area contributed by atoms with Crippen molar-refractivity contribution in [2.75, 3.05) is 20.0 Å². The van der Waals surface area contributed by atoms with Crippen molar-refractivity contribution in [2.24, 2.45) is 11.7 Å². The number of nitrogen functional groups attached to an aromatic ring is 1. The summed E-state index contributed by atoms with van der Waals surface area (Å²) in [6, 6.07) is 3.55. The highest BCUT2D eigenvalue weighted by molar-refractivity contribution is 5.59. The Morgan fingerprint density at radius 1 is 1.12 bits per heavy atom. The molecule has 0 aliphatic rings. The predicted octanol–water partition coefficient (Wildman–Crippen LogP) is 2.33. The van der Waals surface area contributed by atoms with Crippen molar-refractivity contribution in [1.29, 1.82) is 0 Å². The van der Waals surface area contributed by atoms with Gasteiger partial charge in [-0.15, -0.1) is 0 Å². The third kappa shape index (κ3) is 3.27. The van der Waals surface area contributed by atoms with E-state index < -0.39 is 0 Å². The minimum absolute atomic E-state index is 0.0743. The van der Waals surface area contributed by atoms with E-state index in [1.54, 1.807) is 20.3 Å². The maximum Gasteiger partial charge on any atom is 0.162 e. The average molecular weight is 238 g/mol. The summed E-state index contributed by atoms with van der Waals surface area (Å²) in [5.74, 6) is 1.82. The molecule has 1 rings (SSSR count). The fourth-order valence-electron chi connectivity index (χ4n) is 1.87. The minimum Gasteiger partial charge on any atom is -0.493 e. The van der Waals surface area contributed by atoms with E-state index in [2.05, 4.69) is 13.8 Å². The smallest absolute Gasteiger partial charge is 0.162 e. The Labute approximate surface area is 103 Å². The van der Waals surface area contributed by atoms with E-state index in [-0.39, 0.29) is 6.04 Å². The molecule has 4 nitrogen and oxygen atoms in total. The van der Waals surface area contributed by atoms with Gasteiger partial charge in [0.05, 0.1) is 14.2 Å². The monoisotopic (exact) mass is 238 g/mol. The molecule has 0 aliphatic heterocycles. The Morgan fingerprint density at radius 3 is 2.12 bits per heavy atom. The van der Waals surface area contributed by atoms with E-state index in [4.69, 9.17) is 20.9 Å². The molecule has 0 saturated carbocycles. The van der Waals surface area contributed by atoms with Crippen LogP contribution in [-0.4, -0.2) is 14.2 Å². The molecule has 1 unspecified atom stereocenters. The third-order valence-corrected chi connectivity index (χ3v) is 2.71. The highest BCUT2D eigenvalue weighted by atomic mass is 16.5. The van der Waals surface area contributed by atoms with Gasteiger partial charge in [0, 0.05) is 17.8 Å². The van der Waals surface area contributed by atoms with E-state index in [1.165, 1.54) is 0 Å². The summed E-state index contributed by atoms with van der Waals surface area (Å²) in [6.07, 6.45) is 0.889. The van der Waals surface area contributed by atoms with Crippen LogP contribution in [0.15, 0.2) is 12.1 Å². The molecule has 0 heterocycles. The van der Waals surface area contributed by atoms with Crippen LogP contribution in [0.5, 0.6) is 11.5 Å². The zero-order chi connectivity index (χ0) is 13.0. The van der Waals surface area contributed by atoms with Crippen molar-refractivity contribution in [1.82, 2.24) is 0 Å². The summed E-state index contributed by atoms with van der Waals surface area (Å²) in [5.41, 5.74) is 13.7. The van der Waals surface area contributed by atoms with Gasteiger partial charge in [-0.05, 0) is 24.0 Å². The van der Waals surface area contributed by atoms with Gasteiger partial charge in [-0.1, -0.05) is 13.8 Å². The van der Waals surface area contributed by atoms with Crippen LogP contribution in [0.2, 0.25) is 0 Å². The number of methoxy groups -OCH3 is 2. The maximum atomic E-state index is 6.14. The molecule has 0 fully saturated rings. The summed E-state index contributed by atoms with van der Waals surface area (Å²) in [7, 11) is 3.19. The zero-order valence-corrected chi connectivity index (χ0v) is 11.0. The topological polar surface area (TPSA) is 70.5 Å². The molecule has 17 heavy (non-hydrogen) atoms. The van der Waals surface area contributed by atoms with Gasteiger partial charge in [-0.2, -0.15) is 0 Å². The molecule has 0 aliphatic carbocycles. The summed E-state index contributed by atoms with van der Waals surface area (Å²) in [6.45, 7) is 4.27. The van der Waals surface area contributed by atoms with Crippen LogP contribution >= 0.6 is 0 Å². The Balaban J connectivity index is 3.07. The second kappa shape index (κ2) is 5.77. The first kappa shape index (κ1) is 13.6. The van der Waals surface area contributed by atoms with Crippen LogP contribution in [-0.2, 0) is 0 Å². The standard InChI is InChI=1S/C13H22N2O2/c1-8(2)5-10(14)9-6-12(16-3)13(17-4)7-11(9)15/h6-8,10H,5,14-15H2,1-4H3. The first-order valence-electron chi connectivity index (χ1n) is 5.76. The van der Waals surface area contributed by atoms with Gasteiger partial charge in [0.15, 0.2) is 11.5 Å². The van der Waals surface area contributed by atoms with E-state index in [0.717, 1.165) is 12.0 Å². The Bertz CT molecular complexity index is 378. The highest BCUT2D eigenvalue weighted by Gasteiger charge is 2.15. The Kier molecular flexibility index (Phi) is 4.63. The zero-order valence-electron chi connectivity index (χ0n) is 11.0. The van der Waals surface area contributed by atoms with Crippen LogP contribution in [0.25, 0.3) is 0 Å². The second-order valence-corrected chi connectivity index (χ2v) is 4.57.